The van der Waals surface area contributed by atoms with Gasteiger partial charge in [0, 0.05) is 37.8 Å². The molecule has 4 heterocycles. The Bertz CT molecular complexity index is 648. The molecule has 0 radical (unpaired) electrons. The van der Waals surface area contributed by atoms with Gasteiger partial charge < -0.3 is 14.3 Å². The van der Waals surface area contributed by atoms with Gasteiger partial charge in [0.25, 0.3) is 0 Å². The zero-order valence-electron chi connectivity index (χ0n) is 16.3. The number of aryl methyl sites for hydroxylation is 2. The van der Waals surface area contributed by atoms with Crippen molar-refractivity contribution in [1.29, 1.82) is 0 Å². The van der Waals surface area contributed by atoms with E-state index in [9.17, 15) is 9.59 Å². The molecule has 3 aliphatic heterocycles. The van der Waals surface area contributed by atoms with E-state index in [-0.39, 0.29) is 23.8 Å². The first kappa shape index (κ1) is 18.9. The molecule has 2 bridgehead atoms. The van der Waals surface area contributed by atoms with Crippen LogP contribution in [0.4, 0.5) is 0 Å². The number of likely N-dealkylation sites (N-methyl/N-ethyl adjacent to an activating group) is 1. The summed E-state index contributed by atoms with van der Waals surface area (Å²) in [4.78, 5) is 31.5. The van der Waals surface area contributed by atoms with Gasteiger partial charge in [0.05, 0.1) is 24.7 Å². The Hall–Kier alpha value is -1.89. The third-order valence-corrected chi connectivity index (χ3v) is 5.85. The number of carbonyl (C=O) groups excluding carboxylic acids is 2. The van der Waals surface area contributed by atoms with E-state index >= 15 is 0 Å². The van der Waals surface area contributed by atoms with Crippen molar-refractivity contribution in [3.8, 4) is 0 Å². The number of nitrogens with zero attached hydrogens (tertiary/aromatic N) is 4. The van der Waals surface area contributed by atoms with Crippen molar-refractivity contribution in [2.75, 3.05) is 32.7 Å². The van der Waals surface area contributed by atoms with E-state index in [2.05, 4.69) is 10.1 Å². The van der Waals surface area contributed by atoms with Crippen LogP contribution >= 0.6 is 0 Å². The smallest absolute Gasteiger partial charge is 0.236 e. The van der Waals surface area contributed by atoms with Crippen molar-refractivity contribution in [3.63, 3.8) is 0 Å². The van der Waals surface area contributed by atoms with Gasteiger partial charge in [0.1, 0.15) is 5.76 Å². The fraction of sp³-hybridized carbons (Fsp3) is 0.737. The summed E-state index contributed by atoms with van der Waals surface area (Å²) in [5, 5.41) is 4.01. The Balaban J connectivity index is 1.72. The highest BCUT2D eigenvalue weighted by atomic mass is 16.5. The number of amides is 2. The van der Waals surface area contributed by atoms with Crippen LogP contribution in [0.2, 0.25) is 0 Å². The lowest BCUT2D eigenvalue weighted by molar-refractivity contribution is -0.140. The second-order valence-electron chi connectivity index (χ2n) is 7.46. The van der Waals surface area contributed by atoms with E-state index in [1.165, 1.54) is 0 Å². The van der Waals surface area contributed by atoms with Crippen LogP contribution in [-0.2, 0) is 16.1 Å². The third kappa shape index (κ3) is 3.63. The van der Waals surface area contributed by atoms with Crippen molar-refractivity contribution >= 4 is 11.8 Å². The quantitative estimate of drug-likeness (QED) is 0.768. The van der Waals surface area contributed by atoms with Crippen LogP contribution in [0.5, 0.6) is 0 Å². The third-order valence-electron chi connectivity index (χ3n) is 5.85. The fourth-order valence-electron chi connectivity index (χ4n) is 4.23. The van der Waals surface area contributed by atoms with Gasteiger partial charge in [-0.15, -0.1) is 0 Å². The molecule has 0 unspecified atom stereocenters. The zero-order valence-corrected chi connectivity index (χ0v) is 16.3. The molecule has 0 N–H and O–H groups in total. The van der Waals surface area contributed by atoms with Gasteiger partial charge in [-0.05, 0) is 40.5 Å². The summed E-state index contributed by atoms with van der Waals surface area (Å²) in [6.07, 6.45) is 1.91. The molecule has 7 nitrogen and oxygen atoms in total. The number of piperidine rings is 1. The molecule has 4 rings (SSSR count). The lowest BCUT2D eigenvalue weighted by Crippen LogP contribution is -2.47. The highest BCUT2D eigenvalue weighted by Crippen LogP contribution is 2.31. The fourth-order valence-corrected chi connectivity index (χ4v) is 4.23. The van der Waals surface area contributed by atoms with Crippen molar-refractivity contribution < 1.29 is 14.1 Å². The Morgan fingerprint density at radius 1 is 1.23 bits per heavy atom. The molecule has 2 atom stereocenters. The summed E-state index contributed by atoms with van der Waals surface area (Å²) in [6, 6.07) is 0.152. The molecule has 1 aromatic rings. The van der Waals surface area contributed by atoms with Crippen LogP contribution in [0.25, 0.3) is 0 Å². The van der Waals surface area contributed by atoms with Crippen molar-refractivity contribution in [2.24, 2.45) is 5.92 Å². The average Bonchev–Trinajstić information content (AvgIpc) is 2.77. The van der Waals surface area contributed by atoms with E-state index in [0.717, 1.165) is 49.5 Å². The predicted octanol–water partition coefficient (Wildman–Crippen LogP) is 1.58. The van der Waals surface area contributed by atoms with Gasteiger partial charge in [0.2, 0.25) is 11.8 Å². The van der Waals surface area contributed by atoms with Crippen LogP contribution < -0.4 is 0 Å². The van der Waals surface area contributed by atoms with Crippen molar-refractivity contribution in [1.82, 2.24) is 19.9 Å². The molecule has 144 valence electrons. The number of hydrogen-bond acceptors (Lipinski definition) is 5. The normalized spacial score (nSPS) is 23.4. The van der Waals surface area contributed by atoms with E-state index in [1.54, 1.807) is 0 Å². The first-order valence-electron chi connectivity index (χ1n) is 9.66. The lowest BCUT2D eigenvalue weighted by atomic mass is 9.93. The molecule has 0 saturated carbocycles. The minimum Gasteiger partial charge on any atom is -0.361 e. The van der Waals surface area contributed by atoms with Crippen molar-refractivity contribution in [3.05, 3.63) is 17.0 Å². The van der Waals surface area contributed by atoms with E-state index in [1.807, 2.05) is 37.5 Å². The predicted molar refractivity (Wildman–Crippen MR) is 97.4 cm³/mol. The number of carbonyl (C=O) groups is 2. The summed E-state index contributed by atoms with van der Waals surface area (Å²) in [6.45, 7) is 11.7. The monoisotopic (exact) mass is 362 g/mol. The Morgan fingerprint density at radius 2 is 1.96 bits per heavy atom. The van der Waals surface area contributed by atoms with E-state index < -0.39 is 0 Å². The molecule has 3 saturated heterocycles. The largest absolute Gasteiger partial charge is 0.361 e. The maximum atomic E-state index is 13.0. The van der Waals surface area contributed by atoms with Crippen LogP contribution in [0.3, 0.4) is 0 Å². The molecule has 0 aromatic carbocycles. The molecule has 2 amide bonds. The minimum atomic E-state index is -0.0151. The lowest BCUT2D eigenvalue weighted by Gasteiger charge is -2.36. The Morgan fingerprint density at radius 3 is 2.58 bits per heavy atom. The van der Waals surface area contributed by atoms with Gasteiger partial charge in [-0.1, -0.05) is 5.16 Å². The number of rotatable bonds is 6. The minimum absolute atomic E-state index is 0.0151. The molecule has 26 heavy (non-hydrogen) atoms. The summed E-state index contributed by atoms with van der Waals surface area (Å²) in [5.41, 5.74) is 1.86. The van der Waals surface area contributed by atoms with Crippen LogP contribution in [0, 0.1) is 19.8 Å². The molecule has 0 aliphatic carbocycles. The second kappa shape index (κ2) is 7.78. The summed E-state index contributed by atoms with van der Waals surface area (Å²) in [7, 11) is 0. The summed E-state index contributed by atoms with van der Waals surface area (Å²) >= 11 is 0. The van der Waals surface area contributed by atoms with Crippen molar-refractivity contribution in [2.45, 2.75) is 53.1 Å². The molecule has 3 fully saturated rings. The number of aromatic nitrogens is 1. The van der Waals surface area contributed by atoms with Crippen LogP contribution in [0.15, 0.2) is 4.52 Å². The van der Waals surface area contributed by atoms with Gasteiger partial charge in [-0.2, -0.15) is 0 Å². The molecule has 0 spiro atoms. The molecule has 7 heteroatoms. The summed E-state index contributed by atoms with van der Waals surface area (Å²) < 4.78 is 5.26. The number of hydrogen-bond donors (Lipinski definition) is 0. The first-order valence-corrected chi connectivity index (χ1v) is 9.66. The zero-order chi connectivity index (χ0) is 18.8. The Labute approximate surface area is 155 Å². The van der Waals surface area contributed by atoms with Gasteiger partial charge in [-0.25, -0.2) is 0 Å². The molecular weight excluding hydrogens is 332 g/mol. The highest BCUT2D eigenvalue weighted by molar-refractivity contribution is 5.81. The number of fused-ring (bicyclic) bond motifs is 4. The maximum Gasteiger partial charge on any atom is 0.236 e. The average molecular weight is 362 g/mol. The molecule has 1 aromatic heterocycles. The van der Waals surface area contributed by atoms with Gasteiger partial charge in [0.15, 0.2) is 0 Å². The highest BCUT2D eigenvalue weighted by Gasteiger charge is 2.41. The molecule has 3 aliphatic rings. The van der Waals surface area contributed by atoms with Crippen LogP contribution in [0.1, 0.15) is 43.7 Å². The standard InChI is InChI=1S/C19H30N4O3/c1-5-22(6-2)18(24)12-21-9-15-7-8-16(10-21)23(19(15)25)11-17-13(3)20-26-14(17)4/h15-16H,5-12H2,1-4H3/t15-,16+/m0/s1. The summed E-state index contributed by atoms with van der Waals surface area (Å²) in [5.74, 6) is 1.13. The van der Waals surface area contributed by atoms with Gasteiger partial charge in [-0.3, -0.25) is 14.5 Å². The van der Waals surface area contributed by atoms with Crippen LogP contribution in [-0.4, -0.2) is 70.4 Å². The van der Waals surface area contributed by atoms with E-state index in [4.69, 9.17) is 4.52 Å². The topological polar surface area (TPSA) is 69.9 Å². The van der Waals surface area contributed by atoms with Gasteiger partial charge >= 0.3 is 0 Å². The first-order chi connectivity index (χ1) is 12.4. The Kier molecular flexibility index (Phi) is 5.65. The van der Waals surface area contributed by atoms with E-state index in [0.29, 0.717) is 19.6 Å². The maximum absolute atomic E-state index is 13.0. The second-order valence-corrected chi connectivity index (χ2v) is 7.46. The SMILES string of the molecule is CCN(CC)C(=O)CN1C[C@@H]2CC[C@H](C1)N(Cc1c(C)noc1C)C2=O. The molecular formula is C19H30N4O3.